The van der Waals surface area contributed by atoms with Gasteiger partial charge in [0, 0.05) is 0 Å². The Kier molecular flexibility index (Phi) is 11.2. The first kappa shape index (κ1) is 18.2. The number of hydrogen-bond donors (Lipinski definition) is 1. The van der Waals surface area contributed by atoms with E-state index in [1.807, 2.05) is 12.1 Å². The number of hydrogen-bond acceptors (Lipinski definition) is 2. The van der Waals surface area contributed by atoms with Gasteiger partial charge in [0.15, 0.2) is 0 Å². The molecular weight excluding hydrogens is 286 g/mol. The monoisotopic (exact) mass is 296 g/mol. The summed E-state index contributed by atoms with van der Waals surface area (Å²) in [5.41, 5.74) is 0.353. The number of benzene rings is 1. The molecule has 0 bridgehead atoms. The van der Waals surface area contributed by atoms with Crippen LogP contribution in [0.15, 0.2) is 24.3 Å². The van der Waals surface area contributed by atoms with E-state index in [1.165, 1.54) is 23.0 Å². The molecule has 1 rings (SSSR count). The van der Waals surface area contributed by atoms with E-state index in [9.17, 15) is 4.79 Å². The molecule has 1 radical (unpaired) electrons. The maximum absolute atomic E-state index is 10.3. The van der Waals surface area contributed by atoms with E-state index >= 15 is 0 Å². The van der Waals surface area contributed by atoms with Crippen LogP contribution in [0.25, 0.3) is 0 Å². The van der Waals surface area contributed by atoms with E-state index in [1.54, 1.807) is 12.1 Å². The number of carboxylic acid groups (broad SMARTS) is 1. The topological polar surface area (TPSA) is 130 Å². The first-order valence-corrected chi connectivity index (χ1v) is 4.18. The molecule has 0 fully saturated rings. The molecule has 75 valence electrons. The molecule has 13 heavy (non-hydrogen) atoms. The van der Waals surface area contributed by atoms with Gasteiger partial charge in [0.05, 0.1) is 0 Å². The normalized spacial score (nSPS) is 7.15. The predicted molar refractivity (Wildman–Crippen MR) is 49.3 cm³/mol. The number of carbonyl (C=O) groups is 1. The Morgan fingerprint density at radius 3 is 1.85 bits per heavy atom. The van der Waals surface area contributed by atoms with Gasteiger partial charge in [-0.1, -0.05) is 0 Å². The first-order valence-electron chi connectivity index (χ1n) is 2.75. The Labute approximate surface area is 88.8 Å². The van der Waals surface area contributed by atoms with Crippen molar-refractivity contribution in [1.82, 2.24) is 0 Å². The third-order valence-electron chi connectivity index (χ3n) is 1.13. The van der Waals surface area contributed by atoms with Crippen LogP contribution >= 0.6 is 0 Å². The molecule has 5 nitrogen and oxygen atoms in total. The molecule has 0 atom stereocenters. The SMILES string of the molecule is O.O.O=C(O)c1cc[c]([SbH])cc1.[OH-]. The Morgan fingerprint density at radius 2 is 1.54 bits per heavy atom. The van der Waals surface area contributed by atoms with Crippen molar-refractivity contribution in [2.45, 2.75) is 0 Å². The molecule has 0 aliphatic carbocycles. The first-order chi connectivity index (χ1) is 4.70. The van der Waals surface area contributed by atoms with Crippen molar-refractivity contribution >= 4 is 32.5 Å². The van der Waals surface area contributed by atoms with Gasteiger partial charge in [-0.25, -0.2) is 0 Å². The molecule has 0 aliphatic rings. The van der Waals surface area contributed by atoms with Gasteiger partial charge in [-0.2, -0.15) is 0 Å². The summed E-state index contributed by atoms with van der Waals surface area (Å²) < 4.78 is 1.16. The summed E-state index contributed by atoms with van der Waals surface area (Å²) in [6.07, 6.45) is 0. The van der Waals surface area contributed by atoms with Crippen molar-refractivity contribution in [2.75, 3.05) is 0 Å². The number of aromatic carboxylic acids is 1. The minimum absolute atomic E-state index is 0. The zero-order valence-electron chi connectivity index (χ0n) is 6.61. The zero-order valence-corrected chi connectivity index (χ0v) is 9.47. The summed E-state index contributed by atoms with van der Waals surface area (Å²) in [7, 11) is 0. The van der Waals surface area contributed by atoms with Crippen molar-refractivity contribution in [3.8, 4) is 0 Å². The summed E-state index contributed by atoms with van der Waals surface area (Å²) in [6, 6.07) is 6.88. The van der Waals surface area contributed by atoms with E-state index < -0.39 is 5.97 Å². The summed E-state index contributed by atoms with van der Waals surface area (Å²) in [6.45, 7) is 0. The maximum atomic E-state index is 10.3. The Hall–Kier alpha value is -0.612. The molecule has 0 heterocycles. The Balaban J connectivity index is -0.000000333. The van der Waals surface area contributed by atoms with Crippen LogP contribution in [0, 0.1) is 0 Å². The van der Waals surface area contributed by atoms with Gasteiger partial charge in [-0.05, 0) is 0 Å². The van der Waals surface area contributed by atoms with Crippen LogP contribution < -0.4 is 3.51 Å². The smallest absolute Gasteiger partial charge is 0.870 e. The molecule has 0 saturated heterocycles. The second kappa shape index (κ2) is 8.01. The minimum Gasteiger partial charge on any atom is -0.870 e. The van der Waals surface area contributed by atoms with E-state index in [2.05, 4.69) is 0 Å². The third-order valence-corrected chi connectivity index (χ3v) is 2.08. The van der Waals surface area contributed by atoms with Crippen molar-refractivity contribution in [1.29, 1.82) is 0 Å². The average molecular weight is 297 g/mol. The van der Waals surface area contributed by atoms with E-state index in [4.69, 9.17) is 5.11 Å². The van der Waals surface area contributed by atoms with Crippen molar-refractivity contribution in [2.24, 2.45) is 0 Å². The van der Waals surface area contributed by atoms with Gasteiger partial charge >= 0.3 is 72.2 Å². The van der Waals surface area contributed by atoms with Gasteiger partial charge in [0.25, 0.3) is 0 Å². The van der Waals surface area contributed by atoms with E-state index in [0.717, 1.165) is 3.51 Å². The van der Waals surface area contributed by atoms with Crippen LogP contribution in [0.5, 0.6) is 0 Å². The molecule has 0 spiro atoms. The summed E-state index contributed by atoms with van der Waals surface area (Å²) in [5, 5.41) is 8.48. The molecule has 0 aromatic heterocycles. The maximum Gasteiger partial charge on any atom is -0.870 e. The molecule has 0 saturated carbocycles. The van der Waals surface area contributed by atoms with E-state index in [0.29, 0.717) is 5.56 Å². The Morgan fingerprint density at radius 1 is 1.15 bits per heavy atom. The molecule has 0 amide bonds. The summed E-state index contributed by atoms with van der Waals surface area (Å²) in [5.74, 6) is -0.865. The fourth-order valence-corrected chi connectivity index (χ4v) is 1.09. The van der Waals surface area contributed by atoms with Crippen LogP contribution in [0.2, 0.25) is 0 Å². The van der Waals surface area contributed by atoms with Gasteiger partial charge < -0.3 is 16.4 Å². The summed E-state index contributed by atoms with van der Waals surface area (Å²) >= 11 is 1.31. The van der Waals surface area contributed by atoms with Crippen LogP contribution in [0.4, 0.5) is 0 Å². The number of rotatable bonds is 1. The van der Waals surface area contributed by atoms with Crippen molar-refractivity contribution in [3.05, 3.63) is 29.8 Å². The average Bonchev–Trinajstić information content (AvgIpc) is 1.88. The fourth-order valence-electron chi connectivity index (χ4n) is 0.613. The molecule has 0 aliphatic heterocycles. The molecular formula is C7H11O5Sb-. The van der Waals surface area contributed by atoms with Crippen molar-refractivity contribution in [3.63, 3.8) is 0 Å². The largest absolute Gasteiger partial charge is 0.870 e. The Bertz CT molecular complexity index is 246. The van der Waals surface area contributed by atoms with Crippen LogP contribution in [0.3, 0.4) is 0 Å². The van der Waals surface area contributed by atoms with E-state index in [-0.39, 0.29) is 16.4 Å². The number of carboxylic acids is 1. The van der Waals surface area contributed by atoms with Gasteiger partial charge in [-0.15, -0.1) is 0 Å². The second-order valence-corrected chi connectivity index (χ2v) is 3.53. The van der Waals surface area contributed by atoms with Crippen molar-refractivity contribution < 1.29 is 26.3 Å². The molecule has 1 aromatic carbocycles. The van der Waals surface area contributed by atoms with Crippen LogP contribution in [-0.2, 0) is 0 Å². The molecule has 6 N–H and O–H groups in total. The minimum atomic E-state index is -0.865. The van der Waals surface area contributed by atoms with Gasteiger partial charge in [-0.3, -0.25) is 0 Å². The predicted octanol–water partition coefficient (Wildman–Crippen LogP) is -1.92. The summed E-state index contributed by atoms with van der Waals surface area (Å²) in [4.78, 5) is 10.3. The molecule has 0 unspecified atom stereocenters. The van der Waals surface area contributed by atoms with Gasteiger partial charge in [0.2, 0.25) is 0 Å². The van der Waals surface area contributed by atoms with Gasteiger partial charge in [0.1, 0.15) is 0 Å². The quantitative estimate of drug-likeness (QED) is 0.606. The molecule has 1 aromatic rings. The van der Waals surface area contributed by atoms with Crippen LogP contribution in [0.1, 0.15) is 10.4 Å². The molecule has 6 heteroatoms. The van der Waals surface area contributed by atoms with Crippen LogP contribution in [-0.4, -0.2) is 50.5 Å². The second-order valence-electron chi connectivity index (χ2n) is 1.88. The zero-order chi connectivity index (χ0) is 7.56. The third kappa shape index (κ3) is 5.60. The standard InChI is InChI=1S/C7H5O2.3H2O.Sb.H/c8-7(9)6-4-2-1-3-5-6;;;;;/h2-5H,(H,8,9);3*1H2;;/p-1. The fraction of sp³-hybridized carbons (Fsp3) is 0.